The molecule has 2 heterocycles. The number of benzene rings is 1. The highest BCUT2D eigenvalue weighted by atomic mass is 16.5. The van der Waals surface area contributed by atoms with Gasteiger partial charge in [0.05, 0.1) is 11.1 Å². The predicted octanol–water partition coefficient (Wildman–Crippen LogP) is 2.96. The van der Waals surface area contributed by atoms with Crippen LogP contribution in [0.4, 0.5) is 0 Å². The maximum atomic E-state index is 12.9. The van der Waals surface area contributed by atoms with Crippen molar-refractivity contribution in [3.8, 4) is 11.8 Å². The van der Waals surface area contributed by atoms with Crippen LogP contribution in [-0.4, -0.2) is 26.2 Å². The molecule has 2 N–H and O–H groups in total. The van der Waals surface area contributed by atoms with E-state index in [-0.39, 0.29) is 23.2 Å². The first kappa shape index (κ1) is 20.4. The minimum atomic E-state index is -1.21. The zero-order valence-corrected chi connectivity index (χ0v) is 17.2. The van der Waals surface area contributed by atoms with Gasteiger partial charge in [-0.3, -0.25) is 4.79 Å². The number of H-pyrrole nitrogens is 1. The molecule has 0 aliphatic rings. The van der Waals surface area contributed by atoms with Gasteiger partial charge < -0.3 is 19.4 Å². The van der Waals surface area contributed by atoms with Crippen LogP contribution in [0.25, 0.3) is 10.9 Å². The number of aromatic amines is 1. The predicted molar refractivity (Wildman–Crippen MR) is 112 cm³/mol. The van der Waals surface area contributed by atoms with E-state index in [4.69, 9.17) is 4.74 Å². The Labute approximate surface area is 169 Å². The summed E-state index contributed by atoms with van der Waals surface area (Å²) in [4.78, 5) is 28.5. The first-order valence-electron chi connectivity index (χ1n) is 9.27. The Morgan fingerprint density at radius 2 is 2.03 bits per heavy atom. The molecule has 150 valence electrons. The fraction of sp³-hybridized carbons (Fsp3) is 0.304. The number of aryl methyl sites for hydroxylation is 3. The summed E-state index contributed by atoms with van der Waals surface area (Å²) >= 11 is 0. The van der Waals surface area contributed by atoms with Crippen LogP contribution in [0.3, 0.4) is 0 Å². The summed E-state index contributed by atoms with van der Waals surface area (Å²) in [5, 5.41) is 10.4. The summed E-state index contributed by atoms with van der Waals surface area (Å²) in [6, 6.07) is 7.71. The molecule has 6 heteroatoms. The van der Waals surface area contributed by atoms with E-state index in [0.717, 1.165) is 11.1 Å². The second-order valence-corrected chi connectivity index (χ2v) is 7.71. The van der Waals surface area contributed by atoms with Gasteiger partial charge in [-0.1, -0.05) is 41.7 Å². The molecule has 3 aromatic rings. The summed E-state index contributed by atoms with van der Waals surface area (Å²) in [7, 11) is 1.61. The Bertz CT molecular complexity index is 1210. The van der Waals surface area contributed by atoms with Crippen molar-refractivity contribution in [1.82, 2.24) is 9.55 Å². The molecular formula is C23H24N2O4. The molecule has 29 heavy (non-hydrogen) atoms. The Morgan fingerprint density at radius 3 is 2.69 bits per heavy atom. The van der Waals surface area contributed by atoms with Crippen molar-refractivity contribution in [3.05, 3.63) is 68.8 Å². The number of nitrogens with zero attached hydrogens (tertiary/aromatic N) is 1. The zero-order valence-electron chi connectivity index (χ0n) is 17.2. The topological polar surface area (TPSA) is 84.3 Å². The Kier molecular flexibility index (Phi) is 5.36. The smallest absolute Gasteiger partial charge is 0.340 e. The molecular weight excluding hydrogens is 368 g/mol. The van der Waals surface area contributed by atoms with E-state index in [1.54, 1.807) is 34.0 Å². The summed E-state index contributed by atoms with van der Waals surface area (Å²) in [5.41, 5.74) is 2.05. The maximum absolute atomic E-state index is 12.9. The van der Waals surface area contributed by atoms with Crippen molar-refractivity contribution in [2.24, 2.45) is 7.05 Å². The van der Waals surface area contributed by atoms with Gasteiger partial charge in [-0.05, 0) is 33.3 Å². The number of hydrogen-bond acceptors (Lipinski definition) is 4. The number of rotatable bonds is 3. The summed E-state index contributed by atoms with van der Waals surface area (Å²) < 4.78 is 6.92. The maximum Gasteiger partial charge on any atom is 0.340 e. The number of aromatic nitrogens is 2. The fourth-order valence-electron chi connectivity index (χ4n) is 3.14. The number of ether oxygens (including phenoxy) is 1. The third kappa shape index (κ3) is 4.41. The molecule has 0 fully saturated rings. The molecule has 0 unspecified atom stereocenters. The minimum absolute atomic E-state index is 0.127. The van der Waals surface area contributed by atoms with E-state index in [0.29, 0.717) is 16.6 Å². The quantitative estimate of drug-likeness (QED) is 0.530. The third-order valence-electron chi connectivity index (χ3n) is 4.47. The number of pyridine rings is 1. The Hall–Kier alpha value is -3.30. The van der Waals surface area contributed by atoms with E-state index >= 15 is 0 Å². The van der Waals surface area contributed by atoms with Gasteiger partial charge in [0.1, 0.15) is 17.7 Å². The molecule has 1 aromatic carbocycles. The van der Waals surface area contributed by atoms with Crippen molar-refractivity contribution in [1.29, 1.82) is 0 Å². The van der Waals surface area contributed by atoms with Crippen LogP contribution >= 0.6 is 0 Å². The summed E-state index contributed by atoms with van der Waals surface area (Å²) in [6.45, 7) is 6.95. The molecule has 0 aliphatic heterocycles. The van der Waals surface area contributed by atoms with Crippen molar-refractivity contribution in [3.63, 3.8) is 0 Å². The zero-order chi connectivity index (χ0) is 21.3. The van der Waals surface area contributed by atoms with Crippen LogP contribution in [-0.2, 0) is 18.4 Å². The largest absolute Gasteiger partial charge is 0.457 e. The van der Waals surface area contributed by atoms with Gasteiger partial charge in [0.15, 0.2) is 0 Å². The van der Waals surface area contributed by atoms with Gasteiger partial charge >= 0.3 is 5.97 Å². The van der Waals surface area contributed by atoms with E-state index in [2.05, 4.69) is 16.8 Å². The second kappa shape index (κ2) is 7.61. The molecule has 0 radical (unpaired) electrons. The van der Waals surface area contributed by atoms with Gasteiger partial charge in [-0.2, -0.15) is 0 Å². The second-order valence-electron chi connectivity index (χ2n) is 7.71. The lowest BCUT2D eigenvalue weighted by molar-refractivity contribution is 0.0474. The number of fused-ring (bicyclic) bond motifs is 1. The van der Waals surface area contributed by atoms with E-state index in [1.165, 1.54) is 4.57 Å². The highest BCUT2D eigenvalue weighted by Gasteiger charge is 2.22. The van der Waals surface area contributed by atoms with E-state index < -0.39 is 11.6 Å². The van der Waals surface area contributed by atoms with E-state index in [1.807, 2.05) is 31.2 Å². The van der Waals surface area contributed by atoms with Crippen LogP contribution in [0.2, 0.25) is 0 Å². The number of aliphatic hydroxyl groups is 1. The lowest BCUT2D eigenvalue weighted by Crippen LogP contribution is -2.18. The van der Waals surface area contributed by atoms with Crippen molar-refractivity contribution < 1.29 is 14.6 Å². The van der Waals surface area contributed by atoms with Crippen molar-refractivity contribution in [2.75, 3.05) is 0 Å². The Balaban J connectivity index is 2.08. The monoisotopic (exact) mass is 392 g/mol. The normalized spacial score (nSPS) is 11.2. The lowest BCUT2D eigenvalue weighted by atomic mass is 10.1. The standard InChI is InChI=1S/C23H24N2O4/c1-14-7-6-8-16(11-14)13-29-22(27)18-15(2)24-20-19(18)17(9-10-23(3,4)28)12-25(5)21(20)26/h6-8,11-12,24,28H,13H2,1-5H3. The highest BCUT2D eigenvalue weighted by molar-refractivity contribution is 6.07. The molecule has 2 aromatic heterocycles. The molecule has 0 saturated carbocycles. The number of hydrogen-bond donors (Lipinski definition) is 2. The highest BCUT2D eigenvalue weighted by Crippen LogP contribution is 2.25. The average molecular weight is 392 g/mol. The van der Waals surface area contributed by atoms with Crippen molar-refractivity contribution >= 4 is 16.9 Å². The molecule has 0 bridgehead atoms. The number of carbonyl (C=O) groups excluding carboxylic acids is 1. The molecule has 3 rings (SSSR count). The van der Waals surface area contributed by atoms with E-state index in [9.17, 15) is 14.7 Å². The summed E-state index contributed by atoms with van der Waals surface area (Å²) in [6.07, 6.45) is 1.56. The van der Waals surface area contributed by atoms with Crippen LogP contribution < -0.4 is 5.56 Å². The molecule has 0 aliphatic carbocycles. The lowest BCUT2D eigenvalue weighted by Gasteiger charge is -2.08. The SMILES string of the molecule is Cc1cccc(COC(=O)c2c(C)[nH]c3c(=O)n(C)cc(C#CC(C)(C)O)c23)c1. The van der Waals surface area contributed by atoms with Gasteiger partial charge in [-0.15, -0.1) is 0 Å². The van der Waals surface area contributed by atoms with Gasteiger partial charge in [0.2, 0.25) is 0 Å². The van der Waals surface area contributed by atoms with Crippen LogP contribution in [0.1, 0.15) is 46.6 Å². The first-order valence-corrected chi connectivity index (χ1v) is 9.27. The number of esters is 1. The number of carbonyl (C=O) groups is 1. The van der Waals surface area contributed by atoms with Gasteiger partial charge in [0.25, 0.3) is 5.56 Å². The molecule has 6 nitrogen and oxygen atoms in total. The molecule has 0 amide bonds. The van der Waals surface area contributed by atoms with Gasteiger partial charge in [0, 0.05) is 24.3 Å². The van der Waals surface area contributed by atoms with Crippen LogP contribution in [0.5, 0.6) is 0 Å². The number of nitrogens with one attached hydrogen (secondary N) is 1. The van der Waals surface area contributed by atoms with Gasteiger partial charge in [-0.25, -0.2) is 4.79 Å². The Morgan fingerprint density at radius 1 is 1.31 bits per heavy atom. The summed E-state index contributed by atoms with van der Waals surface area (Å²) in [5.74, 6) is 5.11. The molecule has 0 spiro atoms. The molecule has 0 atom stereocenters. The minimum Gasteiger partial charge on any atom is -0.457 e. The third-order valence-corrected chi connectivity index (χ3v) is 4.47. The average Bonchev–Trinajstić information content (AvgIpc) is 2.98. The fourth-order valence-corrected chi connectivity index (χ4v) is 3.14. The first-order chi connectivity index (χ1) is 13.6. The van der Waals surface area contributed by atoms with Crippen molar-refractivity contribution in [2.45, 2.75) is 39.9 Å². The van der Waals surface area contributed by atoms with Crippen LogP contribution in [0, 0.1) is 25.7 Å². The van der Waals surface area contributed by atoms with Crippen LogP contribution in [0.15, 0.2) is 35.3 Å². The molecule has 0 saturated heterocycles.